The summed E-state index contributed by atoms with van der Waals surface area (Å²) >= 11 is 0. The van der Waals surface area contributed by atoms with Gasteiger partial charge >= 0.3 is 6.03 Å². The van der Waals surface area contributed by atoms with Crippen LogP contribution in [0.1, 0.15) is 18.4 Å². The number of urea groups is 1. The lowest BCUT2D eigenvalue weighted by Gasteiger charge is -2.18. The smallest absolute Gasteiger partial charge is 0.321 e. The highest BCUT2D eigenvalue weighted by Gasteiger charge is 2.25. The molecule has 1 saturated carbocycles. The molecular formula is C12H15FN2O. The quantitative estimate of drug-likeness (QED) is 0.819. The van der Waals surface area contributed by atoms with Crippen LogP contribution in [-0.2, 0) is 0 Å². The van der Waals surface area contributed by atoms with Gasteiger partial charge in [-0.1, -0.05) is 6.07 Å². The second-order valence-electron chi connectivity index (χ2n) is 4.24. The molecular weight excluding hydrogens is 207 g/mol. The molecule has 0 aliphatic heterocycles. The van der Waals surface area contributed by atoms with E-state index in [-0.39, 0.29) is 17.9 Å². The molecule has 0 atom stereocenters. The van der Waals surface area contributed by atoms with Crippen LogP contribution in [0.15, 0.2) is 18.2 Å². The van der Waals surface area contributed by atoms with Crippen molar-refractivity contribution in [3.05, 3.63) is 29.6 Å². The molecule has 0 saturated heterocycles. The van der Waals surface area contributed by atoms with Crippen LogP contribution in [0.5, 0.6) is 0 Å². The lowest BCUT2D eigenvalue weighted by molar-refractivity contribution is 0.247. The van der Waals surface area contributed by atoms with E-state index in [2.05, 4.69) is 5.32 Å². The van der Waals surface area contributed by atoms with Crippen molar-refractivity contribution in [1.82, 2.24) is 5.32 Å². The van der Waals surface area contributed by atoms with Gasteiger partial charge in [-0.2, -0.15) is 0 Å². The summed E-state index contributed by atoms with van der Waals surface area (Å²) in [6, 6.07) is 4.88. The van der Waals surface area contributed by atoms with Crippen LogP contribution in [0.25, 0.3) is 0 Å². The van der Waals surface area contributed by atoms with E-state index >= 15 is 0 Å². The van der Waals surface area contributed by atoms with Crippen LogP contribution >= 0.6 is 0 Å². The van der Waals surface area contributed by atoms with Crippen molar-refractivity contribution < 1.29 is 9.18 Å². The first-order valence-electron chi connectivity index (χ1n) is 5.38. The molecule has 86 valence electrons. The van der Waals surface area contributed by atoms with E-state index < -0.39 is 0 Å². The monoisotopic (exact) mass is 222 g/mol. The van der Waals surface area contributed by atoms with Gasteiger partial charge in [-0.25, -0.2) is 9.18 Å². The molecule has 0 heterocycles. The van der Waals surface area contributed by atoms with Gasteiger partial charge in [0.25, 0.3) is 0 Å². The first-order chi connectivity index (χ1) is 7.58. The number of benzene rings is 1. The summed E-state index contributed by atoms with van der Waals surface area (Å²) in [4.78, 5) is 13.0. The summed E-state index contributed by atoms with van der Waals surface area (Å²) in [6.07, 6.45) is 2.05. The van der Waals surface area contributed by atoms with Crippen molar-refractivity contribution in [1.29, 1.82) is 0 Å². The number of halogens is 1. The Kier molecular flexibility index (Phi) is 2.81. The molecule has 1 aromatic carbocycles. The van der Waals surface area contributed by atoms with Gasteiger partial charge < -0.3 is 5.32 Å². The Hall–Kier alpha value is -1.58. The Labute approximate surface area is 94.3 Å². The number of amides is 2. The number of anilines is 1. The summed E-state index contributed by atoms with van der Waals surface area (Å²) in [5.41, 5.74) is 1.15. The van der Waals surface area contributed by atoms with Gasteiger partial charge in [0.05, 0.1) is 5.69 Å². The fraction of sp³-hybridized carbons (Fsp3) is 0.417. The Morgan fingerprint density at radius 2 is 2.19 bits per heavy atom. The summed E-state index contributed by atoms with van der Waals surface area (Å²) in [5.74, 6) is -0.367. The third kappa shape index (κ3) is 2.32. The van der Waals surface area contributed by atoms with E-state index in [9.17, 15) is 9.18 Å². The van der Waals surface area contributed by atoms with Gasteiger partial charge in [0, 0.05) is 13.1 Å². The molecule has 0 bridgehead atoms. The van der Waals surface area contributed by atoms with Gasteiger partial charge in [0.2, 0.25) is 0 Å². The van der Waals surface area contributed by atoms with Crippen LogP contribution in [0, 0.1) is 12.7 Å². The maximum absolute atomic E-state index is 13.6. The average Bonchev–Trinajstić information content (AvgIpc) is 3.00. The molecule has 1 aliphatic carbocycles. The van der Waals surface area contributed by atoms with Crippen molar-refractivity contribution >= 4 is 11.7 Å². The van der Waals surface area contributed by atoms with E-state index in [0.717, 1.165) is 18.4 Å². The Balaban J connectivity index is 2.12. The zero-order valence-electron chi connectivity index (χ0n) is 9.46. The van der Waals surface area contributed by atoms with Crippen LogP contribution in [0.3, 0.4) is 0 Å². The van der Waals surface area contributed by atoms with Crippen molar-refractivity contribution in [2.24, 2.45) is 0 Å². The van der Waals surface area contributed by atoms with Crippen molar-refractivity contribution in [2.45, 2.75) is 25.8 Å². The number of carbonyl (C=O) groups is 1. The maximum Gasteiger partial charge on any atom is 0.321 e. The van der Waals surface area contributed by atoms with E-state index in [1.54, 1.807) is 19.2 Å². The second kappa shape index (κ2) is 4.12. The van der Waals surface area contributed by atoms with E-state index in [1.165, 1.54) is 11.0 Å². The summed E-state index contributed by atoms with van der Waals surface area (Å²) < 4.78 is 13.6. The van der Waals surface area contributed by atoms with Crippen molar-refractivity contribution in [3.8, 4) is 0 Å². The topological polar surface area (TPSA) is 32.3 Å². The molecule has 3 nitrogen and oxygen atoms in total. The number of hydrogen-bond donors (Lipinski definition) is 1. The Morgan fingerprint density at radius 1 is 1.50 bits per heavy atom. The van der Waals surface area contributed by atoms with Crippen LogP contribution in [-0.4, -0.2) is 19.1 Å². The Morgan fingerprint density at radius 3 is 2.75 bits per heavy atom. The fourth-order valence-electron chi connectivity index (χ4n) is 1.49. The SMILES string of the molecule is Cc1ccc(N(C)C(=O)NC2CC2)c(F)c1. The minimum absolute atomic E-state index is 0.245. The molecule has 4 heteroatoms. The molecule has 0 radical (unpaired) electrons. The molecule has 1 aliphatic rings. The zero-order valence-corrected chi connectivity index (χ0v) is 9.46. The first-order valence-corrected chi connectivity index (χ1v) is 5.38. The van der Waals surface area contributed by atoms with Crippen molar-refractivity contribution in [2.75, 3.05) is 11.9 Å². The number of nitrogens with one attached hydrogen (secondary N) is 1. The molecule has 1 N–H and O–H groups in total. The maximum atomic E-state index is 13.6. The lowest BCUT2D eigenvalue weighted by Crippen LogP contribution is -2.38. The number of aryl methyl sites for hydroxylation is 1. The first kappa shape index (κ1) is 10.9. The fourth-order valence-corrected chi connectivity index (χ4v) is 1.49. The predicted octanol–water partition coefficient (Wildman–Crippen LogP) is 2.44. The minimum atomic E-state index is -0.367. The molecule has 1 aromatic rings. The average molecular weight is 222 g/mol. The highest BCUT2D eigenvalue weighted by atomic mass is 19.1. The van der Waals surface area contributed by atoms with Gasteiger partial charge in [-0.3, -0.25) is 4.90 Å². The summed E-state index contributed by atoms with van der Waals surface area (Å²) in [7, 11) is 1.57. The van der Waals surface area contributed by atoms with Crippen LogP contribution in [0.4, 0.5) is 14.9 Å². The van der Waals surface area contributed by atoms with E-state index in [1.807, 2.05) is 6.92 Å². The van der Waals surface area contributed by atoms with E-state index in [0.29, 0.717) is 5.69 Å². The molecule has 0 unspecified atom stereocenters. The molecule has 2 rings (SSSR count). The molecule has 0 spiro atoms. The normalized spacial score (nSPS) is 14.7. The second-order valence-corrected chi connectivity index (χ2v) is 4.24. The predicted molar refractivity (Wildman–Crippen MR) is 61.1 cm³/mol. The number of nitrogens with zero attached hydrogens (tertiary/aromatic N) is 1. The number of hydrogen-bond acceptors (Lipinski definition) is 1. The minimum Gasteiger partial charge on any atom is -0.335 e. The summed E-state index contributed by atoms with van der Waals surface area (Å²) in [5, 5.41) is 2.81. The van der Waals surface area contributed by atoms with Gasteiger partial charge in [0.15, 0.2) is 0 Å². The third-order valence-corrected chi connectivity index (χ3v) is 2.67. The van der Waals surface area contributed by atoms with Gasteiger partial charge in [-0.15, -0.1) is 0 Å². The third-order valence-electron chi connectivity index (χ3n) is 2.67. The van der Waals surface area contributed by atoms with Gasteiger partial charge in [0.1, 0.15) is 5.82 Å². The highest BCUT2D eigenvalue weighted by molar-refractivity contribution is 5.91. The lowest BCUT2D eigenvalue weighted by atomic mass is 10.2. The molecule has 0 aromatic heterocycles. The van der Waals surface area contributed by atoms with E-state index in [4.69, 9.17) is 0 Å². The summed E-state index contributed by atoms with van der Waals surface area (Å²) in [6.45, 7) is 1.82. The molecule has 2 amide bonds. The van der Waals surface area contributed by atoms with Crippen LogP contribution in [0.2, 0.25) is 0 Å². The van der Waals surface area contributed by atoms with Crippen molar-refractivity contribution in [3.63, 3.8) is 0 Å². The molecule has 16 heavy (non-hydrogen) atoms. The molecule has 1 fully saturated rings. The highest BCUT2D eigenvalue weighted by Crippen LogP contribution is 2.22. The van der Waals surface area contributed by atoms with Gasteiger partial charge in [-0.05, 0) is 37.5 Å². The Bertz CT molecular complexity index is 415. The standard InChI is InChI=1S/C12H15FN2O/c1-8-3-6-11(10(13)7-8)15(2)12(16)14-9-4-5-9/h3,6-7,9H,4-5H2,1-2H3,(H,14,16). The van der Waals surface area contributed by atoms with Crippen LogP contribution < -0.4 is 10.2 Å². The largest absolute Gasteiger partial charge is 0.335 e. The number of carbonyl (C=O) groups excluding carboxylic acids is 1. The zero-order chi connectivity index (χ0) is 11.7. The number of rotatable bonds is 2.